The predicted molar refractivity (Wildman–Crippen MR) is 49.1 cm³/mol. The lowest BCUT2D eigenvalue weighted by atomic mass is 10.0. The van der Waals surface area contributed by atoms with Crippen LogP contribution in [0.15, 0.2) is 0 Å². The van der Waals surface area contributed by atoms with Gasteiger partial charge in [-0.1, -0.05) is 19.8 Å². The molecule has 1 atom stereocenters. The van der Waals surface area contributed by atoms with Crippen molar-refractivity contribution in [2.24, 2.45) is 5.92 Å². The van der Waals surface area contributed by atoms with E-state index in [9.17, 15) is 0 Å². The van der Waals surface area contributed by atoms with Gasteiger partial charge in [-0.05, 0) is 18.8 Å². The molecule has 0 spiro atoms. The highest BCUT2D eigenvalue weighted by Crippen LogP contribution is 2.13. The normalized spacial score (nSPS) is 13.5. The monoisotopic (exact) mass is 182 g/mol. The van der Waals surface area contributed by atoms with E-state index in [2.05, 4.69) is 6.92 Å². The van der Waals surface area contributed by atoms with E-state index in [1.165, 1.54) is 19.3 Å². The maximum absolute atomic E-state index is 5.71. The molecule has 0 aromatic carbocycles. The fraction of sp³-hybridized carbons (Fsp3) is 1.00. The van der Waals surface area contributed by atoms with Gasteiger partial charge in [-0.3, -0.25) is 0 Å². The fourth-order valence-corrected chi connectivity index (χ4v) is 1.48. The minimum absolute atomic E-state index is 0.713. The molecule has 0 aliphatic carbocycles. The van der Waals surface area contributed by atoms with Gasteiger partial charge < -0.3 is 0 Å². The van der Waals surface area contributed by atoms with Crippen LogP contribution in [0, 0.1) is 5.92 Å². The van der Waals surface area contributed by atoms with Crippen LogP contribution in [0.3, 0.4) is 0 Å². The van der Waals surface area contributed by atoms with Gasteiger partial charge >= 0.3 is 0 Å². The fourth-order valence-electron chi connectivity index (χ4n) is 0.918. The predicted octanol–water partition coefficient (Wildman–Crippen LogP) is 3.66. The molecule has 0 radical (unpaired) electrons. The van der Waals surface area contributed by atoms with E-state index in [1.54, 1.807) is 0 Å². The number of rotatable bonds is 6. The van der Waals surface area contributed by atoms with Crippen molar-refractivity contribution in [3.63, 3.8) is 0 Å². The van der Waals surface area contributed by atoms with Crippen LogP contribution in [-0.2, 0) is 0 Å². The lowest BCUT2D eigenvalue weighted by Gasteiger charge is -2.08. The maximum Gasteiger partial charge on any atom is 0.0251 e. The molecular weight excluding hydrogens is 167 g/mol. The Hall–Kier alpha value is 0.580. The molecule has 0 aromatic rings. The summed E-state index contributed by atoms with van der Waals surface area (Å²) in [5.41, 5.74) is 0. The van der Waals surface area contributed by atoms with E-state index in [-0.39, 0.29) is 0 Å². The summed E-state index contributed by atoms with van der Waals surface area (Å²) in [7, 11) is 0. The molecule has 0 heterocycles. The van der Waals surface area contributed by atoms with Crippen LogP contribution in [0.5, 0.6) is 0 Å². The van der Waals surface area contributed by atoms with E-state index < -0.39 is 0 Å². The van der Waals surface area contributed by atoms with Crippen molar-refractivity contribution >= 4 is 23.2 Å². The summed E-state index contributed by atoms with van der Waals surface area (Å²) in [6.45, 7) is 2.19. The summed E-state index contributed by atoms with van der Waals surface area (Å²) >= 11 is 11.3. The molecule has 10 heavy (non-hydrogen) atoms. The molecule has 0 aliphatic rings. The van der Waals surface area contributed by atoms with Gasteiger partial charge in [-0.2, -0.15) is 0 Å². The third-order valence-electron chi connectivity index (χ3n) is 1.79. The van der Waals surface area contributed by atoms with Crippen LogP contribution in [0.25, 0.3) is 0 Å². The zero-order valence-electron chi connectivity index (χ0n) is 6.58. The van der Waals surface area contributed by atoms with E-state index in [0.717, 1.165) is 18.2 Å². The van der Waals surface area contributed by atoms with Crippen molar-refractivity contribution in [3.8, 4) is 0 Å². The Morgan fingerprint density at radius 1 is 1.20 bits per heavy atom. The second-order valence-corrected chi connectivity index (χ2v) is 3.30. The lowest BCUT2D eigenvalue weighted by molar-refractivity contribution is 0.498. The van der Waals surface area contributed by atoms with E-state index in [0.29, 0.717) is 5.92 Å². The first-order chi connectivity index (χ1) is 4.85. The smallest absolute Gasteiger partial charge is 0.0251 e. The van der Waals surface area contributed by atoms with Gasteiger partial charge in [0.05, 0.1) is 0 Å². The summed E-state index contributed by atoms with van der Waals surface area (Å²) in [6.07, 6.45) is 4.81. The molecule has 0 saturated heterocycles. The van der Waals surface area contributed by atoms with Gasteiger partial charge in [0, 0.05) is 11.8 Å². The Balaban J connectivity index is 3.09. The molecule has 1 unspecified atom stereocenters. The number of hydrogen-bond acceptors (Lipinski definition) is 0. The highest BCUT2D eigenvalue weighted by molar-refractivity contribution is 6.18. The maximum atomic E-state index is 5.71. The van der Waals surface area contributed by atoms with E-state index in [4.69, 9.17) is 23.2 Å². The summed E-state index contributed by atoms with van der Waals surface area (Å²) in [5, 5.41) is 0. The first-order valence-electron chi connectivity index (χ1n) is 3.97. The molecule has 0 rings (SSSR count). The zero-order chi connectivity index (χ0) is 7.82. The number of hydrogen-bond donors (Lipinski definition) is 0. The van der Waals surface area contributed by atoms with Gasteiger partial charge in [0.25, 0.3) is 0 Å². The minimum Gasteiger partial charge on any atom is -0.127 e. The Bertz CT molecular complexity index is 60.3. The molecule has 0 aromatic heterocycles. The van der Waals surface area contributed by atoms with Gasteiger partial charge in [-0.25, -0.2) is 0 Å². The summed E-state index contributed by atoms with van der Waals surface area (Å²) < 4.78 is 0. The largest absolute Gasteiger partial charge is 0.127 e. The third-order valence-corrected chi connectivity index (χ3v) is 2.50. The molecule has 0 N–H and O–H groups in total. The molecule has 2 heteroatoms. The molecule has 0 fully saturated rings. The number of alkyl halides is 2. The second kappa shape index (κ2) is 7.68. The quantitative estimate of drug-likeness (QED) is 0.435. The van der Waals surface area contributed by atoms with Gasteiger partial charge in [0.2, 0.25) is 0 Å². The second-order valence-electron chi connectivity index (χ2n) is 2.61. The number of unbranched alkanes of at least 4 members (excludes halogenated alkanes) is 1. The van der Waals surface area contributed by atoms with Crippen LogP contribution in [0.2, 0.25) is 0 Å². The molecule has 62 valence electrons. The zero-order valence-corrected chi connectivity index (χ0v) is 8.09. The topological polar surface area (TPSA) is 0 Å². The van der Waals surface area contributed by atoms with Gasteiger partial charge in [0.1, 0.15) is 0 Å². The Morgan fingerprint density at radius 2 is 1.90 bits per heavy atom. The van der Waals surface area contributed by atoms with Crippen molar-refractivity contribution in [1.82, 2.24) is 0 Å². The summed E-state index contributed by atoms with van der Waals surface area (Å²) in [4.78, 5) is 0. The van der Waals surface area contributed by atoms with Crippen molar-refractivity contribution in [1.29, 1.82) is 0 Å². The average molecular weight is 183 g/mol. The average Bonchev–Trinajstić information content (AvgIpc) is 1.99. The van der Waals surface area contributed by atoms with Crippen molar-refractivity contribution in [2.45, 2.75) is 32.6 Å². The van der Waals surface area contributed by atoms with Crippen molar-refractivity contribution in [2.75, 3.05) is 11.8 Å². The first-order valence-corrected chi connectivity index (χ1v) is 5.04. The molecule has 0 bridgehead atoms. The highest BCUT2D eigenvalue weighted by Gasteiger charge is 2.02. The Kier molecular flexibility index (Phi) is 8.13. The van der Waals surface area contributed by atoms with Crippen molar-refractivity contribution < 1.29 is 0 Å². The molecular formula is C8H16Cl2. The molecule has 0 nitrogen and oxygen atoms in total. The summed E-state index contributed by atoms with van der Waals surface area (Å²) in [6, 6.07) is 0. The van der Waals surface area contributed by atoms with E-state index in [1.807, 2.05) is 0 Å². The molecule has 0 amide bonds. The Morgan fingerprint density at radius 3 is 2.30 bits per heavy atom. The van der Waals surface area contributed by atoms with Crippen LogP contribution >= 0.6 is 23.2 Å². The third kappa shape index (κ3) is 5.37. The summed E-state index contributed by atoms with van der Waals surface area (Å²) in [5.74, 6) is 2.31. The van der Waals surface area contributed by atoms with Gasteiger partial charge in [-0.15, -0.1) is 23.2 Å². The van der Waals surface area contributed by atoms with Crippen LogP contribution in [0.1, 0.15) is 32.6 Å². The van der Waals surface area contributed by atoms with E-state index >= 15 is 0 Å². The van der Waals surface area contributed by atoms with Gasteiger partial charge in [0.15, 0.2) is 0 Å². The van der Waals surface area contributed by atoms with Crippen LogP contribution in [0.4, 0.5) is 0 Å². The molecule has 0 aliphatic heterocycles. The standard InChI is InChI=1S/C8H16Cl2/c1-2-8(7-10)5-3-4-6-9/h8H,2-7H2,1H3. The Labute approximate surface area is 73.9 Å². The SMILES string of the molecule is CCC(CCl)CCCCCl. The number of halogens is 2. The molecule has 0 saturated carbocycles. The van der Waals surface area contributed by atoms with Crippen molar-refractivity contribution in [3.05, 3.63) is 0 Å². The lowest BCUT2D eigenvalue weighted by Crippen LogP contribution is -1.99. The van der Waals surface area contributed by atoms with Crippen LogP contribution in [-0.4, -0.2) is 11.8 Å². The minimum atomic E-state index is 0.713. The first kappa shape index (κ1) is 10.6. The van der Waals surface area contributed by atoms with Crippen LogP contribution < -0.4 is 0 Å². The highest BCUT2D eigenvalue weighted by atomic mass is 35.5.